The van der Waals surface area contributed by atoms with Crippen molar-refractivity contribution in [1.82, 2.24) is 0 Å². The predicted octanol–water partition coefficient (Wildman–Crippen LogP) is 5.78. The summed E-state index contributed by atoms with van der Waals surface area (Å²) >= 11 is 0. The van der Waals surface area contributed by atoms with Crippen LogP contribution in [-0.4, -0.2) is 52.0 Å². The zero-order valence-corrected chi connectivity index (χ0v) is 23.8. The van der Waals surface area contributed by atoms with E-state index in [-0.39, 0.29) is 23.8 Å². The number of carbonyl (C=O) groups excluding carboxylic acids is 2. The fourth-order valence-electron chi connectivity index (χ4n) is 6.36. The smallest absolute Gasteiger partial charge is 0.315 e. The van der Waals surface area contributed by atoms with Gasteiger partial charge in [-0.05, 0) is 68.7 Å². The highest BCUT2D eigenvalue weighted by Gasteiger charge is 2.46. The van der Waals surface area contributed by atoms with Crippen molar-refractivity contribution in [3.05, 3.63) is 58.8 Å². The Labute approximate surface area is 235 Å². The molecule has 2 aromatic carbocycles. The number of carbonyl (C=O) groups is 2. The van der Waals surface area contributed by atoms with Crippen molar-refractivity contribution >= 4 is 17.5 Å². The van der Waals surface area contributed by atoms with Gasteiger partial charge in [-0.25, -0.2) is 0 Å². The van der Waals surface area contributed by atoms with Gasteiger partial charge in [-0.3, -0.25) is 14.6 Å². The highest BCUT2D eigenvalue weighted by atomic mass is 16.5. The number of hydrogen-bond acceptors (Lipinski definition) is 8. The number of esters is 1. The van der Waals surface area contributed by atoms with Crippen LogP contribution in [0.4, 0.5) is 0 Å². The summed E-state index contributed by atoms with van der Waals surface area (Å²) in [7, 11) is 6.37. The molecular weight excluding hydrogens is 510 g/mol. The van der Waals surface area contributed by atoms with Crippen molar-refractivity contribution in [2.45, 2.75) is 63.4 Å². The summed E-state index contributed by atoms with van der Waals surface area (Å²) in [6.45, 7) is 1.86. The lowest BCUT2D eigenvalue weighted by Gasteiger charge is -2.37. The van der Waals surface area contributed by atoms with E-state index in [0.717, 1.165) is 36.8 Å². The van der Waals surface area contributed by atoms with Gasteiger partial charge >= 0.3 is 5.97 Å². The van der Waals surface area contributed by atoms with E-state index in [1.54, 1.807) is 34.5 Å². The van der Waals surface area contributed by atoms with Crippen LogP contribution >= 0.6 is 0 Å². The van der Waals surface area contributed by atoms with Gasteiger partial charge in [-0.2, -0.15) is 0 Å². The summed E-state index contributed by atoms with van der Waals surface area (Å²) in [6, 6.07) is 11.3. The monoisotopic (exact) mass is 547 g/mol. The normalized spacial score (nSPS) is 22.9. The Kier molecular flexibility index (Phi) is 8.14. The van der Waals surface area contributed by atoms with Gasteiger partial charge in [0.1, 0.15) is 23.5 Å². The minimum absolute atomic E-state index is 0.0289. The Morgan fingerprint density at radius 1 is 0.850 bits per heavy atom. The summed E-state index contributed by atoms with van der Waals surface area (Å²) in [6.07, 6.45) is 4.60. The number of ketones is 1. The average molecular weight is 548 g/mol. The Morgan fingerprint density at radius 3 is 2.25 bits per heavy atom. The molecule has 0 N–H and O–H groups in total. The first-order valence-electron chi connectivity index (χ1n) is 13.8. The number of ether oxygens (including phenoxy) is 5. The second-order valence-corrected chi connectivity index (χ2v) is 10.7. The minimum atomic E-state index is -0.719. The van der Waals surface area contributed by atoms with Crippen LogP contribution in [0.3, 0.4) is 0 Å². The molecule has 1 saturated carbocycles. The summed E-state index contributed by atoms with van der Waals surface area (Å²) in [4.78, 5) is 32.7. The Hall–Kier alpha value is -3.81. The fourth-order valence-corrected chi connectivity index (χ4v) is 6.36. The minimum Gasteiger partial charge on any atom is -0.497 e. The first-order valence-corrected chi connectivity index (χ1v) is 13.8. The van der Waals surface area contributed by atoms with E-state index in [1.165, 1.54) is 0 Å². The van der Waals surface area contributed by atoms with Gasteiger partial charge in [-0.15, -0.1) is 0 Å². The topological polar surface area (TPSA) is 92.7 Å². The Balaban J connectivity index is 1.57. The first-order chi connectivity index (χ1) is 19.4. The van der Waals surface area contributed by atoms with Crippen molar-refractivity contribution < 1.29 is 33.3 Å². The second-order valence-electron chi connectivity index (χ2n) is 10.7. The van der Waals surface area contributed by atoms with Crippen LogP contribution in [0.5, 0.6) is 23.0 Å². The van der Waals surface area contributed by atoms with Crippen LogP contribution in [0, 0.1) is 5.92 Å². The standard InChI is InChI=1S/C32H37NO7/c1-18-29(32(35)40-21-8-6-7-9-21)30(23-12-11-22(36-2)17-27(23)38-4)31-24(33-18)14-20(15-25(31)34)19-10-13-26(37-3)28(16-19)39-5/h10-13,16-17,20-21,29-30H,6-9,14-15H2,1-5H3/t20-,29?,30+/m1/s1. The number of methoxy groups -OCH3 is 4. The molecule has 8 heteroatoms. The molecule has 0 radical (unpaired) electrons. The molecule has 1 fully saturated rings. The number of aliphatic imine (C=N–C) groups is 1. The number of rotatable bonds is 8. The van der Waals surface area contributed by atoms with E-state index in [1.807, 2.05) is 37.3 Å². The lowest BCUT2D eigenvalue weighted by Crippen LogP contribution is -2.39. The largest absolute Gasteiger partial charge is 0.497 e. The molecule has 0 saturated heterocycles. The molecule has 1 aliphatic heterocycles. The van der Waals surface area contributed by atoms with E-state index in [0.29, 0.717) is 52.8 Å². The van der Waals surface area contributed by atoms with E-state index in [2.05, 4.69) is 0 Å². The molecule has 8 nitrogen and oxygen atoms in total. The van der Waals surface area contributed by atoms with Crippen molar-refractivity contribution in [3.8, 4) is 23.0 Å². The van der Waals surface area contributed by atoms with Crippen LogP contribution in [0.1, 0.15) is 68.4 Å². The van der Waals surface area contributed by atoms with Gasteiger partial charge in [0, 0.05) is 41.0 Å². The molecule has 0 amide bonds. The maximum absolute atomic E-state index is 14.0. The highest BCUT2D eigenvalue weighted by molar-refractivity contribution is 6.09. The quantitative estimate of drug-likeness (QED) is 0.387. The molecule has 0 bridgehead atoms. The molecular formula is C32H37NO7. The summed E-state index contributed by atoms with van der Waals surface area (Å²) in [5.41, 5.74) is 3.65. The predicted molar refractivity (Wildman–Crippen MR) is 151 cm³/mol. The summed E-state index contributed by atoms with van der Waals surface area (Å²) < 4.78 is 28.1. The van der Waals surface area contributed by atoms with E-state index in [9.17, 15) is 9.59 Å². The first kappa shape index (κ1) is 27.7. The average Bonchev–Trinajstić information content (AvgIpc) is 3.48. The molecule has 3 atom stereocenters. The third-order valence-corrected chi connectivity index (χ3v) is 8.38. The van der Waals surface area contributed by atoms with Gasteiger partial charge in [0.25, 0.3) is 0 Å². The van der Waals surface area contributed by atoms with Crippen LogP contribution in [-0.2, 0) is 14.3 Å². The molecule has 2 aromatic rings. The zero-order valence-electron chi connectivity index (χ0n) is 23.8. The third-order valence-electron chi connectivity index (χ3n) is 8.38. The molecule has 2 aliphatic carbocycles. The van der Waals surface area contributed by atoms with Crippen molar-refractivity contribution in [2.24, 2.45) is 10.9 Å². The van der Waals surface area contributed by atoms with Crippen molar-refractivity contribution in [2.75, 3.05) is 28.4 Å². The van der Waals surface area contributed by atoms with Gasteiger partial charge in [0.05, 0.1) is 28.4 Å². The van der Waals surface area contributed by atoms with Gasteiger partial charge in [-0.1, -0.05) is 12.1 Å². The molecule has 0 spiro atoms. The maximum Gasteiger partial charge on any atom is 0.315 e. The highest BCUT2D eigenvalue weighted by Crippen LogP contribution is 2.50. The van der Waals surface area contributed by atoms with E-state index in [4.69, 9.17) is 28.7 Å². The molecule has 5 rings (SSSR count). The molecule has 1 heterocycles. The molecule has 212 valence electrons. The van der Waals surface area contributed by atoms with Crippen LogP contribution in [0.25, 0.3) is 0 Å². The molecule has 1 unspecified atom stereocenters. The van der Waals surface area contributed by atoms with Crippen LogP contribution in [0.2, 0.25) is 0 Å². The van der Waals surface area contributed by atoms with Gasteiger partial charge in [0.15, 0.2) is 17.3 Å². The number of allylic oxidation sites excluding steroid dienone is 2. The molecule has 0 aromatic heterocycles. The number of benzene rings is 2. The molecule has 3 aliphatic rings. The van der Waals surface area contributed by atoms with Gasteiger partial charge < -0.3 is 23.7 Å². The Bertz CT molecular complexity index is 1360. The molecule has 40 heavy (non-hydrogen) atoms. The van der Waals surface area contributed by atoms with E-state index >= 15 is 0 Å². The van der Waals surface area contributed by atoms with Crippen LogP contribution < -0.4 is 18.9 Å². The lowest BCUT2D eigenvalue weighted by atomic mass is 9.69. The third kappa shape index (κ3) is 5.19. The summed E-state index contributed by atoms with van der Waals surface area (Å²) in [5, 5.41) is 0. The lowest BCUT2D eigenvalue weighted by molar-refractivity contribution is -0.151. The second kappa shape index (κ2) is 11.7. The number of Topliss-reactive ketones (excluding diaryl/α,β-unsaturated/α-hetero) is 1. The van der Waals surface area contributed by atoms with E-state index < -0.39 is 11.8 Å². The van der Waals surface area contributed by atoms with Crippen LogP contribution in [0.15, 0.2) is 52.7 Å². The van der Waals surface area contributed by atoms with Crippen molar-refractivity contribution in [1.29, 1.82) is 0 Å². The number of nitrogens with zero attached hydrogens (tertiary/aromatic N) is 1. The fraction of sp³-hybridized carbons (Fsp3) is 0.469. The van der Waals surface area contributed by atoms with Gasteiger partial charge in [0.2, 0.25) is 0 Å². The van der Waals surface area contributed by atoms with Crippen molar-refractivity contribution in [3.63, 3.8) is 0 Å². The Morgan fingerprint density at radius 2 is 1.57 bits per heavy atom. The summed E-state index contributed by atoms with van der Waals surface area (Å²) in [5.74, 6) is 0.703. The maximum atomic E-state index is 14.0. The zero-order chi connectivity index (χ0) is 28.4. The SMILES string of the molecule is COc1ccc([C@@H]2C3=C(C[C@@H](c4ccc(OC)c(OC)c4)CC3=O)N=C(C)C2C(=O)OC2CCCC2)c(OC)c1. The number of hydrogen-bond donors (Lipinski definition) is 0.